The maximum atomic E-state index is 14.1. The van der Waals surface area contributed by atoms with Gasteiger partial charge in [-0.15, -0.1) is 0 Å². The summed E-state index contributed by atoms with van der Waals surface area (Å²) in [5.74, 6) is -1.61. The highest BCUT2D eigenvalue weighted by atomic mass is 35.5. The quantitative estimate of drug-likeness (QED) is 0.205. The molecule has 0 atom stereocenters. The molecule has 0 spiro atoms. The maximum Gasteiger partial charge on any atom is 0.416 e. The molecular weight excluding hydrogens is 522 g/mol. The van der Waals surface area contributed by atoms with Crippen LogP contribution in [0, 0.1) is 5.82 Å². The Balaban J connectivity index is 1.57. The minimum Gasteiger partial charge on any atom is -0.507 e. The predicted molar refractivity (Wildman–Crippen MR) is 127 cm³/mol. The van der Waals surface area contributed by atoms with Gasteiger partial charge in [0, 0.05) is 16.1 Å². The molecule has 3 aromatic rings. The Kier molecular flexibility index (Phi) is 7.14. The second-order valence-electron chi connectivity index (χ2n) is 7.46. The van der Waals surface area contributed by atoms with Crippen molar-refractivity contribution in [3.8, 4) is 5.75 Å². The van der Waals surface area contributed by atoms with Gasteiger partial charge in [0.25, 0.3) is 11.1 Å². The van der Waals surface area contributed by atoms with Gasteiger partial charge in [0.15, 0.2) is 0 Å². The van der Waals surface area contributed by atoms with Crippen molar-refractivity contribution < 1.29 is 32.3 Å². The molecule has 1 N–H and O–H groups in total. The number of hydrogen-bond acceptors (Lipinski definition) is 6. The third-order valence-electron chi connectivity index (χ3n) is 5.00. The molecule has 3 aromatic carbocycles. The first-order valence-electron chi connectivity index (χ1n) is 10.1. The molecule has 1 aliphatic rings. The smallest absolute Gasteiger partial charge is 0.416 e. The third-order valence-corrected chi connectivity index (χ3v) is 6.27. The first-order chi connectivity index (χ1) is 17.0. The van der Waals surface area contributed by atoms with E-state index in [0.29, 0.717) is 11.8 Å². The molecule has 184 valence electrons. The molecule has 0 unspecified atom stereocenters. The van der Waals surface area contributed by atoms with Crippen molar-refractivity contribution in [1.82, 2.24) is 4.90 Å². The number of phenolic OH excluding ortho intramolecular Hbond substituents is 1. The van der Waals surface area contributed by atoms with Crippen LogP contribution < -0.4 is 0 Å². The normalized spacial score (nSPS) is 15.5. The van der Waals surface area contributed by atoms with Gasteiger partial charge < -0.3 is 5.11 Å². The number of carbonyl (C=O) groups is 2. The number of aromatic hydroxyl groups is 1. The van der Waals surface area contributed by atoms with Crippen molar-refractivity contribution in [2.24, 2.45) is 10.2 Å². The van der Waals surface area contributed by atoms with Gasteiger partial charge in [-0.2, -0.15) is 23.4 Å². The minimum atomic E-state index is -4.53. The molecule has 0 radical (unpaired) electrons. The van der Waals surface area contributed by atoms with E-state index < -0.39 is 28.7 Å². The molecule has 2 amide bonds. The summed E-state index contributed by atoms with van der Waals surface area (Å²) in [5.41, 5.74) is -0.633. The van der Waals surface area contributed by atoms with Crippen LogP contribution >= 0.6 is 23.4 Å². The van der Waals surface area contributed by atoms with Gasteiger partial charge >= 0.3 is 6.18 Å². The number of nitrogens with zero attached hydrogens (tertiary/aromatic N) is 3. The van der Waals surface area contributed by atoms with Crippen molar-refractivity contribution in [3.05, 3.63) is 93.1 Å². The predicted octanol–water partition coefficient (Wildman–Crippen LogP) is 7.86. The number of carbonyl (C=O) groups excluding carboxylic acids is 2. The Morgan fingerprint density at radius 1 is 1.00 bits per heavy atom. The molecule has 6 nitrogen and oxygen atoms in total. The lowest BCUT2D eigenvalue weighted by Crippen LogP contribution is -2.28. The van der Waals surface area contributed by atoms with E-state index in [0.717, 1.165) is 23.1 Å². The monoisotopic (exact) mass is 535 g/mol. The summed E-state index contributed by atoms with van der Waals surface area (Å²) in [5, 5.41) is 17.3. The van der Waals surface area contributed by atoms with Crippen LogP contribution in [0.1, 0.15) is 16.7 Å². The zero-order valence-corrected chi connectivity index (χ0v) is 19.5. The fraction of sp³-hybridized carbons (Fsp3) is 0.0833. The van der Waals surface area contributed by atoms with E-state index in [4.69, 9.17) is 11.6 Å². The van der Waals surface area contributed by atoms with Crippen LogP contribution in [0.25, 0.3) is 6.08 Å². The summed E-state index contributed by atoms with van der Waals surface area (Å²) in [4.78, 5) is 26.0. The largest absolute Gasteiger partial charge is 0.507 e. The Bertz CT molecular complexity index is 1410. The first-order valence-corrected chi connectivity index (χ1v) is 11.3. The number of hydrogen-bond donors (Lipinski definition) is 1. The lowest BCUT2D eigenvalue weighted by atomic mass is 10.1. The number of halogens is 5. The number of azo groups is 1. The minimum absolute atomic E-state index is 0.0115. The molecular formula is C24H14ClF4N3O3S. The van der Waals surface area contributed by atoms with Crippen molar-refractivity contribution >= 4 is 52.0 Å². The fourth-order valence-corrected chi connectivity index (χ4v) is 4.25. The zero-order valence-electron chi connectivity index (χ0n) is 18.0. The van der Waals surface area contributed by atoms with Gasteiger partial charge in [0.2, 0.25) is 0 Å². The number of alkyl halides is 3. The lowest BCUT2D eigenvalue weighted by molar-refractivity contribution is -0.137. The Morgan fingerprint density at radius 3 is 2.39 bits per heavy atom. The molecule has 4 rings (SSSR count). The average molecular weight is 536 g/mol. The molecule has 1 heterocycles. The Labute approximate surface area is 210 Å². The highest BCUT2D eigenvalue weighted by molar-refractivity contribution is 8.18. The summed E-state index contributed by atoms with van der Waals surface area (Å²) in [6.07, 6.45) is -3.27. The van der Waals surface area contributed by atoms with Crippen LogP contribution in [0.15, 0.2) is 75.8 Å². The van der Waals surface area contributed by atoms with Crippen molar-refractivity contribution in [2.75, 3.05) is 0 Å². The van der Waals surface area contributed by atoms with Gasteiger partial charge in [-0.05, 0) is 66.4 Å². The SMILES string of the molecule is O=C1S/C(=C\c2cc(N=Nc3cccc(C(F)(F)F)c3)ccc2O)C(=O)N1Cc1c(F)cccc1Cl. The van der Waals surface area contributed by atoms with E-state index in [1.807, 2.05) is 0 Å². The number of rotatable bonds is 5. The maximum absolute atomic E-state index is 14.1. The van der Waals surface area contributed by atoms with Crippen molar-refractivity contribution in [2.45, 2.75) is 12.7 Å². The highest BCUT2D eigenvalue weighted by Crippen LogP contribution is 2.37. The summed E-state index contributed by atoms with van der Waals surface area (Å²) in [6.45, 7) is -0.370. The molecule has 0 aliphatic carbocycles. The van der Waals surface area contributed by atoms with Crippen LogP contribution in [0.3, 0.4) is 0 Å². The van der Waals surface area contributed by atoms with E-state index >= 15 is 0 Å². The van der Waals surface area contributed by atoms with Gasteiger partial charge in [-0.25, -0.2) is 4.39 Å². The number of phenols is 1. The van der Waals surface area contributed by atoms with Gasteiger partial charge in [-0.3, -0.25) is 14.5 Å². The van der Waals surface area contributed by atoms with E-state index in [1.54, 1.807) is 0 Å². The van der Waals surface area contributed by atoms with Crippen LogP contribution in [-0.4, -0.2) is 21.2 Å². The first kappa shape index (κ1) is 25.4. The Hall–Kier alpha value is -3.70. The molecule has 1 aliphatic heterocycles. The summed E-state index contributed by atoms with van der Waals surface area (Å²) in [7, 11) is 0. The lowest BCUT2D eigenvalue weighted by Gasteiger charge is -2.14. The number of thioether (sulfide) groups is 1. The van der Waals surface area contributed by atoms with Gasteiger partial charge in [0.1, 0.15) is 11.6 Å². The van der Waals surface area contributed by atoms with Crippen LogP contribution in [0.5, 0.6) is 5.75 Å². The van der Waals surface area contributed by atoms with E-state index in [-0.39, 0.29) is 44.7 Å². The highest BCUT2D eigenvalue weighted by Gasteiger charge is 2.36. The number of benzene rings is 3. The molecule has 1 saturated heterocycles. The number of imide groups is 1. The van der Waals surface area contributed by atoms with Crippen molar-refractivity contribution in [3.63, 3.8) is 0 Å². The molecule has 36 heavy (non-hydrogen) atoms. The number of amides is 2. The Morgan fingerprint density at radius 2 is 1.69 bits per heavy atom. The van der Waals surface area contributed by atoms with Crippen LogP contribution in [0.4, 0.5) is 33.7 Å². The topological polar surface area (TPSA) is 82.3 Å². The van der Waals surface area contributed by atoms with Crippen LogP contribution in [0.2, 0.25) is 5.02 Å². The molecule has 0 bridgehead atoms. The second-order valence-corrected chi connectivity index (χ2v) is 8.86. The fourth-order valence-electron chi connectivity index (χ4n) is 3.20. The van der Waals surface area contributed by atoms with E-state index in [9.17, 15) is 32.3 Å². The van der Waals surface area contributed by atoms with Crippen LogP contribution in [-0.2, 0) is 17.5 Å². The molecule has 1 fully saturated rings. The summed E-state index contributed by atoms with van der Waals surface area (Å²) >= 11 is 6.59. The van der Waals surface area contributed by atoms with Crippen molar-refractivity contribution in [1.29, 1.82) is 0 Å². The molecule has 0 saturated carbocycles. The molecule has 12 heteroatoms. The standard InChI is InChI=1S/C24H14ClF4N3O3S/c25-18-5-2-6-19(26)17(18)12-32-22(34)21(36-23(32)35)10-13-9-16(7-8-20(13)33)31-30-15-4-1-3-14(11-15)24(27,28)29/h1-11,33H,12H2/b21-10-,31-30?. The van der Waals surface area contributed by atoms with E-state index in [2.05, 4.69) is 10.2 Å². The van der Waals surface area contributed by atoms with Gasteiger partial charge in [0.05, 0.1) is 28.4 Å². The zero-order chi connectivity index (χ0) is 26.0. The molecule has 0 aromatic heterocycles. The average Bonchev–Trinajstić information content (AvgIpc) is 3.08. The second kappa shape index (κ2) is 10.1. The summed E-state index contributed by atoms with van der Waals surface area (Å²) in [6, 6.07) is 12.3. The van der Waals surface area contributed by atoms with E-state index in [1.165, 1.54) is 48.5 Å². The summed E-state index contributed by atoms with van der Waals surface area (Å²) < 4.78 is 52.8. The van der Waals surface area contributed by atoms with Gasteiger partial charge in [-0.1, -0.05) is 23.7 Å². The third kappa shape index (κ3) is 5.58.